The molecule has 0 saturated heterocycles. The molecule has 30 heavy (non-hydrogen) atoms. The molecule has 2 N–H and O–H groups in total. The van der Waals surface area contributed by atoms with E-state index in [1.807, 2.05) is 0 Å². The van der Waals surface area contributed by atoms with Gasteiger partial charge in [-0.2, -0.15) is 9.78 Å². The lowest BCUT2D eigenvalue weighted by Crippen LogP contribution is -2.25. The molecule has 1 aromatic heterocycles. The van der Waals surface area contributed by atoms with Gasteiger partial charge in [-0.05, 0) is 12.1 Å². The number of hydrogen-bond acceptors (Lipinski definition) is 7. The summed E-state index contributed by atoms with van der Waals surface area (Å²) in [5.41, 5.74) is -0.472. The van der Waals surface area contributed by atoms with Gasteiger partial charge >= 0.3 is 0 Å². The van der Waals surface area contributed by atoms with Crippen molar-refractivity contribution < 1.29 is 24.1 Å². The van der Waals surface area contributed by atoms with Crippen molar-refractivity contribution in [2.45, 2.75) is 0 Å². The standard InChI is InChI=1S/C20H18ClN3O6/c1-28-15-7-5-4-6-13(15)24-18(26)10-14(25)19(23-24)20(27)22-12-9-16(29-2)11(21)8-17(12)30-3/h4-10,25H,1-3H3,(H,22,27). The second kappa shape index (κ2) is 8.75. The zero-order valence-corrected chi connectivity index (χ0v) is 17.1. The van der Waals surface area contributed by atoms with E-state index in [0.717, 1.165) is 10.7 Å². The minimum atomic E-state index is -0.779. The highest BCUT2D eigenvalue weighted by Gasteiger charge is 2.20. The second-order valence-electron chi connectivity index (χ2n) is 5.94. The van der Waals surface area contributed by atoms with Crippen LogP contribution in [0.5, 0.6) is 23.0 Å². The number of para-hydroxylation sites is 2. The average Bonchev–Trinajstić information content (AvgIpc) is 2.74. The number of methoxy groups -OCH3 is 3. The van der Waals surface area contributed by atoms with Crippen LogP contribution in [0, 0.1) is 0 Å². The van der Waals surface area contributed by atoms with Gasteiger partial charge in [0, 0.05) is 18.2 Å². The van der Waals surface area contributed by atoms with E-state index in [1.54, 1.807) is 24.3 Å². The van der Waals surface area contributed by atoms with Crippen LogP contribution in [0.3, 0.4) is 0 Å². The fraction of sp³-hybridized carbons (Fsp3) is 0.150. The maximum atomic E-state index is 12.8. The number of nitrogens with one attached hydrogen (secondary N) is 1. The average molecular weight is 432 g/mol. The Kier molecular flexibility index (Phi) is 6.12. The maximum Gasteiger partial charge on any atom is 0.280 e. The Balaban J connectivity index is 2.05. The maximum absolute atomic E-state index is 12.8. The van der Waals surface area contributed by atoms with Crippen molar-refractivity contribution in [3.05, 3.63) is 63.5 Å². The van der Waals surface area contributed by atoms with Crippen molar-refractivity contribution in [3.63, 3.8) is 0 Å². The van der Waals surface area contributed by atoms with Gasteiger partial charge in [0.1, 0.15) is 22.9 Å². The Bertz CT molecular complexity index is 1160. The topological polar surface area (TPSA) is 112 Å². The number of hydrogen-bond donors (Lipinski definition) is 2. The Morgan fingerprint density at radius 1 is 1.03 bits per heavy atom. The molecule has 0 bridgehead atoms. The summed E-state index contributed by atoms with van der Waals surface area (Å²) in [4.78, 5) is 25.2. The van der Waals surface area contributed by atoms with E-state index >= 15 is 0 Å². The highest BCUT2D eigenvalue weighted by Crippen LogP contribution is 2.36. The minimum absolute atomic E-state index is 0.236. The van der Waals surface area contributed by atoms with Crippen LogP contribution in [0.1, 0.15) is 10.5 Å². The van der Waals surface area contributed by atoms with E-state index in [9.17, 15) is 14.7 Å². The fourth-order valence-corrected chi connectivity index (χ4v) is 2.96. The zero-order valence-electron chi connectivity index (χ0n) is 16.3. The highest BCUT2D eigenvalue weighted by atomic mass is 35.5. The van der Waals surface area contributed by atoms with Gasteiger partial charge < -0.3 is 24.6 Å². The lowest BCUT2D eigenvalue weighted by molar-refractivity contribution is 0.101. The number of anilines is 1. The first kappa shape index (κ1) is 21.0. The van der Waals surface area contributed by atoms with Crippen molar-refractivity contribution in [1.82, 2.24) is 9.78 Å². The number of nitrogens with zero attached hydrogens (tertiary/aromatic N) is 2. The van der Waals surface area contributed by atoms with Crippen LogP contribution >= 0.6 is 11.6 Å². The molecule has 0 fully saturated rings. The number of ether oxygens (including phenoxy) is 3. The van der Waals surface area contributed by atoms with Crippen molar-refractivity contribution in [1.29, 1.82) is 0 Å². The number of carbonyl (C=O) groups is 1. The predicted molar refractivity (Wildman–Crippen MR) is 111 cm³/mol. The van der Waals surface area contributed by atoms with Crippen LogP contribution < -0.4 is 25.1 Å². The van der Waals surface area contributed by atoms with Crippen LogP contribution in [0.25, 0.3) is 5.69 Å². The third-order valence-corrected chi connectivity index (χ3v) is 4.46. The summed E-state index contributed by atoms with van der Waals surface area (Å²) in [6.07, 6.45) is 0. The van der Waals surface area contributed by atoms with E-state index in [0.29, 0.717) is 17.2 Å². The van der Waals surface area contributed by atoms with Crippen LogP contribution in [-0.4, -0.2) is 42.1 Å². The van der Waals surface area contributed by atoms with Crippen molar-refractivity contribution in [2.75, 3.05) is 26.6 Å². The largest absolute Gasteiger partial charge is 0.505 e. The van der Waals surface area contributed by atoms with Crippen molar-refractivity contribution in [2.24, 2.45) is 0 Å². The number of halogens is 1. The first-order valence-electron chi connectivity index (χ1n) is 8.59. The van der Waals surface area contributed by atoms with E-state index in [2.05, 4.69) is 10.4 Å². The molecule has 0 radical (unpaired) electrons. The fourth-order valence-electron chi connectivity index (χ4n) is 2.73. The van der Waals surface area contributed by atoms with E-state index in [-0.39, 0.29) is 22.2 Å². The van der Waals surface area contributed by atoms with Crippen molar-refractivity contribution in [3.8, 4) is 28.7 Å². The van der Waals surface area contributed by atoms with Crippen molar-refractivity contribution >= 4 is 23.2 Å². The van der Waals surface area contributed by atoms with Gasteiger partial charge in [0.25, 0.3) is 11.5 Å². The smallest absolute Gasteiger partial charge is 0.280 e. The molecule has 156 valence electrons. The molecule has 0 saturated carbocycles. The number of aromatic hydroxyl groups is 1. The Hall–Kier alpha value is -3.72. The zero-order chi connectivity index (χ0) is 21.8. The molecular weight excluding hydrogens is 414 g/mol. The van der Waals surface area contributed by atoms with Gasteiger partial charge in [-0.25, -0.2) is 0 Å². The van der Waals surface area contributed by atoms with E-state index in [4.69, 9.17) is 25.8 Å². The Morgan fingerprint density at radius 2 is 1.70 bits per heavy atom. The molecule has 0 atom stereocenters. The molecule has 10 heteroatoms. The normalized spacial score (nSPS) is 10.4. The number of amides is 1. The lowest BCUT2D eigenvalue weighted by atomic mass is 10.2. The molecule has 0 aliphatic heterocycles. The third-order valence-electron chi connectivity index (χ3n) is 4.16. The third kappa shape index (κ3) is 4.01. The summed E-state index contributed by atoms with van der Waals surface area (Å²) >= 11 is 6.07. The van der Waals surface area contributed by atoms with Crippen LogP contribution in [-0.2, 0) is 0 Å². The van der Waals surface area contributed by atoms with E-state index < -0.39 is 17.2 Å². The molecule has 1 heterocycles. The second-order valence-corrected chi connectivity index (χ2v) is 6.35. The first-order chi connectivity index (χ1) is 14.4. The molecule has 0 unspecified atom stereocenters. The molecule has 0 aliphatic carbocycles. The van der Waals surface area contributed by atoms with Gasteiger partial charge in [-0.15, -0.1) is 0 Å². The monoisotopic (exact) mass is 431 g/mol. The summed E-state index contributed by atoms with van der Waals surface area (Å²) < 4.78 is 16.6. The van der Waals surface area contributed by atoms with Gasteiger partial charge in [0.2, 0.25) is 0 Å². The van der Waals surface area contributed by atoms with Gasteiger partial charge in [-0.3, -0.25) is 9.59 Å². The molecule has 3 aromatic rings. The number of rotatable bonds is 6. The molecule has 1 amide bonds. The molecule has 0 spiro atoms. The molecular formula is C20H18ClN3O6. The Morgan fingerprint density at radius 3 is 2.37 bits per heavy atom. The minimum Gasteiger partial charge on any atom is -0.505 e. The van der Waals surface area contributed by atoms with E-state index in [1.165, 1.54) is 33.5 Å². The molecule has 9 nitrogen and oxygen atoms in total. The van der Waals surface area contributed by atoms with Crippen LogP contribution in [0.2, 0.25) is 5.02 Å². The SMILES string of the molecule is COc1cc(NC(=O)c2nn(-c3ccccc3OC)c(=O)cc2O)c(OC)cc1Cl. The van der Waals surface area contributed by atoms with Gasteiger partial charge in [0.05, 0.1) is 32.0 Å². The summed E-state index contributed by atoms with van der Waals surface area (Å²) in [7, 11) is 4.28. The summed E-state index contributed by atoms with van der Waals surface area (Å²) in [6.45, 7) is 0. The van der Waals surface area contributed by atoms with Gasteiger partial charge in [0.15, 0.2) is 11.4 Å². The lowest BCUT2D eigenvalue weighted by Gasteiger charge is -2.14. The molecule has 3 rings (SSSR count). The number of aromatic nitrogens is 2. The van der Waals surface area contributed by atoms with Crippen LogP contribution in [0.15, 0.2) is 47.3 Å². The molecule has 2 aromatic carbocycles. The summed E-state index contributed by atoms with van der Waals surface area (Å²) in [5, 5.41) is 17.1. The van der Waals surface area contributed by atoms with Crippen LogP contribution in [0.4, 0.5) is 5.69 Å². The number of carbonyl (C=O) groups excluding carboxylic acids is 1. The van der Waals surface area contributed by atoms with Gasteiger partial charge in [-0.1, -0.05) is 23.7 Å². The molecule has 0 aliphatic rings. The quantitative estimate of drug-likeness (QED) is 0.617. The summed E-state index contributed by atoms with van der Waals surface area (Å²) in [6, 6.07) is 10.5. The number of benzene rings is 2. The Labute approximate surface area is 176 Å². The first-order valence-corrected chi connectivity index (χ1v) is 8.97. The highest BCUT2D eigenvalue weighted by molar-refractivity contribution is 6.32. The predicted octanol–water partition coefficient (Wildman–Crippen LogP) is 2.87. The summed E-state index contributed by atoms with van der Waals surface area (Å²) in [5.74, 6) is -0.411.